The van der Waals surface area contributed by atoms with Crippen LogP contribution in [-0.4, -0.2) is 36.9 Å². The Labute approximate surface area is 177 Å². The molecule has 0 bridgehead atoms. The van der Waals surface area contributed by atoms with Crippen LogP contribution in [-0.2, 0) is 13.6 Å². The summed E-state index contributed by atoms with van der Waals surface area (Å²) in [6.45, 7) is 8.93. The van der Waals surface area contributed by atoms with Crippen LogP contribution in [0.1, 0.15) is 59.8 Å². The van der Waals surface area contributed by atoms with Crippen molar-refractivity contribution in [2.75, 3.05) is 11.9 Å². The molecular formula is C22H35N5O3. The molecule has 0 aliphatic heterocycles. The molecule has 2 aromatic heterocycles. The maximum atomic E-state index is 12.8. The van der Waals surface area contributed by atoms with Gasteiger partial charge in [-0.3, -0.25) is 13.9 Å². The van der Waals surface area contributed by atoms with E-state index in [1.54, 1.807) is 14.0 Å². The molecule has 0 amide bonds. The molecule has 0 aliphatic rings. The molecule has 2 aromatic rings. The van der Waals surface area contributed by atoms with Crippen LogP contribution in [0.2, 0.25) is 0 Å². The first-order valence-corrected chi connectivity index (χ1v) is 10.6. The predicted molar refractivity (Wildman–Crippen MR) is 122 cm³/mol. The van der Waals surface area contributed by atoms with Crippen molar-refractivity contribution in [3.63, 3.8) is 0 Å². The average molecular weight is 418 g/mol. The lowest BCUT2D eigenvalue weighted by atomic mass is 10.1. The summed E-state index contributed by atoms with van der Waals surface area (Å²) in [4.78, 5) is 32.8. The number of fused-ring (bicyclic) bond motifs is 1. The summed E-state index contributed by atoms with van der Waals surface area (Å²) in [6, 6.07) is 0. The molecule has 0 aliphatic carbocycles. The van der Waals surface area contributed by atoms with E-state index >= 15 is 0 Å². The van der Waals surface area contributed by atoms with Crippen molar-refractivity contribution in [2.45, 2.75) is 72.4 Å². The van der Waals surface area contributed by atoms with E-state index in [2.05, 4.69) is 48.2 Å². The number of hydrogen-bond acceptors (Lipinski definition) is 5. The number of nitrogens with zero attached hydrogens (tertiary/aromatic N) is 3. The molecule has 30 heavy (non-hydrogen) atoms. The van der Waals surface area contributed by atoms with Crippen LogP contribution in [0, 0.1) is 0 Å². The third-order valence-corrected chi connectivity index (χ3v) is 5.04. The first-order valence-electron chi connectivity index (χ1n) is 10.6. The number of rotatable bonds is 11. The third kappa shape index (κ3) is 6.45. The highest BCUT2D eigenvalue weighted by molar-refractivity contribution is 5.72. The van der Waals surface area contributed by atoms with Gasteiger partial charge in [0.2, 0.25) is 5.95 Å². The summed E-state index contributed by atoms with van der Waals surface area (Å²) in [5, 5.41) is 12.5. The molecule has 0 saturated heterocycles. The van der Waals surface area contributed by atoms with Crippen molar-refractivity contribution < 1.29 is 5.11 Å². The van der Waals surface area contributed by atoms with E-state index in [0.717, 1.165) is 19.3 Å². The Morgan fingerprint density at radius 1 is 1.23 bits per heavy atom. The number of anilines is 1. The van der Waals surface area contributed by atoms with Gasteiger partial charge in [-0.25, -0.2) is 4.79 Å². The van der Waals surface area contributed by atoms with E-state index in [4.69, 9.17) is 0 Å². The van der Waals surface area contributed by atoms with Crippen molar-refractivity contribution >= 4 is 17.1 Å². The van der Waals surface area contributed by atoms with Gasteiger partial charge in [-0.2, -0.15) is 4.98 Å². The van der Waals surface area contributed by atoms with Gasteiger partial charge in [0, 0.05) is 20.1 Å². The van der Waals surface area contributed by atoms with Crippen LogP contribution in [0.5, 0.6) is 0 Å². The molecule has 166 valence electrons. The quantitative estimate of drug-likeness (QED) is 0.385. The molecule has 3 N–H and O–H groups in total. The normalized spacial score (nSPS) is 12.9. The topological polar surface area (TPSA) is 105 Å². The van der Waals surface area contributed by atoms with E-state index in [9.17, 15) is 14.7 Å². The molecule has 2 heterocycles. The Morgan fingerprint density at radius 2 is 1.97 bits per heavy atom. The number of hydrogen-bond donors (Lipinski definition) is 3. The number of unbranched alkanes of at least 4 members (excludes halogenated alkanes) is 1. The summed E-state index contributed by atoms with van der Waals surface area (Å²) in [6.07, 6.45) is 8.03. The van der Waals surface area contributed by atoms with Crippen LogP contribution in [0.25, 0.3) is 11.2 Å². The number of nitrogens with one attached hydrogen (secondary N) is 2. The zero-order valence-corrected chi connectivity index (χ0v) is 18.8. The minimum Gasteiger partial charge on any atom is -0.393 e. The van der Waals surface area contributed by atoms with Crippen LogP contribution < -0.4 is 16.6 Å². The minimum atomic E-state index is -0.377. The van der Waals surface area contributed by atoms with Gasteiger partial charge in [-0.1, -0.05) is 23.3 Å². The second-order valence-corrected chi connectivity index (χ2v) is 8.18. The molecule has 1 unspecified atom stereocenters. The average Bonchev–Trinajstić information content (AvgIpc) is 3.09. The molecule has 1 atom stereocenters. The first kappa shape index (κ1) is 23.7. The van der Waals surface area contributed by atoms with Crippen LogP contribution in [0.15, 0.2) is 32.9 Å². The fourth-order valence-corrected chi connectivity index (χ4v) is 3.25. The van der Waals surface area contributed by atoms with E-state index < -0.39 is 0 Å². The first-order chi connectivity index (χ1) is 14.2. The number of aryl methyl sites for hydroxylation is 1. The number of aliphatic hydroxyl groups is 1. The van der Waals surface area contributed by atoms with Gasteiger partial charge in [-0.05, 0) is 59.8 Å². The molecule has 0 aromatic carbocycles. The molecular weight excluding hydrogens is 382 g/mol. The van der Waals surface area contributed by atoms with E-state index in [1.807, 2.05) is 0 Å². The van der Waals surface area contributed by atoms with Crippen molar-refractivity contribution in [3.8, 4) is 0 Å². The SMILES string of the molecule is CC(C)=CCC/C(C)=C/CNc1nc2c([nH]1)c(=O)n(CCCCC(C)O)c(=O)n2C. The minimum absolute atomic E-state index is 0.319. The summed E-state index contributed by atoms with van der Waals surface area (Å²) in [5.41, 5.74) is 2.53. The van der Waals surface area contributed by atoms with Crippen molar-refractivity contribution in [3.05, 3.63) is 44.1 Å². The Kier molecular flexibility index (Phi) is 8.65. The van der Waals surface area contributed by atoms with Gasteiger partial charge in [-0.15, -0.1) is 0 Å². The maximum Gasteiger partial charge on any atom is 0.332 e. The zero-order chi connectivity index (χ0) is 22.3. The van der Waals surface area contributed by atoms with E-state index in [1.165, 1.54) is 20.3 Å². The maximum absolute atomic E-state index is 12.8. The van der Waals surface area contributed by atoms with Crippen molar-refractivity contribution in [2.24, 2.45) is 7.05 Å². The van der Waals surface area contributed by atoms with E-state index in [0.29, 0.717) is 43.0 Å². The molecule has 2 rings (SSSR count). The number of H-pyrrole nitrogens is 1. The molecule has 0 radical (unpaired) electrons. The van der Waals surface area contributed by atoms with Crippen molar-refractivity contribution in [1.82, 2.24) is 19.1 Å². The van der Waals surface area contributed by atoms with E-state index in [-0.39, 0.29) is 17.4 Å². The molecule has 0 spiro atoms. The number of aromatic nitrogens is 4. The summed E-state index contributed by atoms with van der Waals surface area (Å²) < 4.78 is 2.63. The number of aromatic amines is 1. The lowest BCUT2D eigenvalue weighted by Gasteiger charge is -2.08. The highest BCUT2D eigenvalue weighted by Crippen LogP contribution is 2.10. The Morgan fingerprint density at radius 3 is 2.63 bits per heavy atom. The molecule has 0 fully saturated rings. The van der Waals surface area contributed by atoms with Gasteiger partial charge >= 0.3 is 5.69 Å². The number of imidazole rings is 1. The fraction of sp³-hybridized carbons (Fsp3) is 0.591. The summed E-state index contributed by atoms with van der Waals surface area (Å²) in [7, 11) is 1.62. The smallest absolute Gasteiger partial charge is 0.332 e. The second-order valence-electron chi connectivity index (χ2n) is 8.18. The Hall–Kier alpha value is -2.61. The predicted octanol–water partition coefficient (Wildman–Crippen LogP) is 3.08. The molecule has 0 saturated carbocycles. The second kappa shape index (κ2) is 11.0. The largest absolute Gasteiger partial charge is 0.393 e. The lowest BCUT2D eigenvalue weighted by molar-refractivity contribution is 0.180. The molecule has 8 nitrogen and oxygen atoms in total. The molecule has 8 heteroatoms. The Balaban J connectivity index is 2.10. The summed E-state index contributed by atoms with van der Waals surface area (Å²) >= 11 is 0. The van der Waals surface area contributed by atoms with Crippen molar-refractivity contribution in [1.29, 1.82) is 0 Å². The third-order valence-electron chi connectivity index (χ3n) is 5.04. The zero-order valence-electron chi connectivity index (χ0n) is 18.8. The van der Waals surface area contributed by atoms with Gasteiger partial charge in [0.25, 0.3) is 5.56 Å². The Bertz CT molecular complexity index is 1020. The van der Waals surface area contributed by atoms with Gasteiger partial charge in [0.1, 0.15) is 0 Å². The number of allylic oxidation sites excluding steroid dienone is 3. The number of aliphatic hydroxyl groups excluding tert-OH is 1. The highest BCUT2D eigenvalue weighted by Gasteiger charge is 2.15. The lowest BCUT2D eigenvalue weighted by Crippen LogP contribution is -2.39. The summed E-state index contributed by atoms with van der Waals surface area (Å²) in [5.74, 6) is 0.470. The monoisotopic (exact) mass is 417 g/mol. The fourth-order valence-electron chi connectivity index (χ4n) is 3.25. The van der Waals surface area contributed by atoms with Gasteiger partial charge in [0.15, 0.2) is 11.2 Å². The van der Waals surface area contributed by atoms with Crippen LogP contribution in [0.3, 0.4) is 0 Å². The van der Waals surface area contributed by atoms with Crippen LogP contribution >= 0.6 is 0 Å². The standard InChI is InChI=1S/C22H35N5O3/c1-15(2)9-8-10-16(3)12-13-23-21-24-18-19(25-21)26(5)22(30)27(20(18)29)14-7-6-11-17(4)28/h9,12,17,28H,6-8,10-11,13-14H2,1-5H3,(H2,23,24,25)/b16-12+. The van der Waals surface area contributed by atoms with Crippen LogP contribution in [0.4, 0.5) is 5.95 Å². The highest BCUT2D eigenvalue weighted by atomic mass is 16.3. The van der Waals surface area contributed by atoms with Gasteiger partial charge in [0.05, 0.1) is 6.10 Å². The van der Waals surface area contributed by atoms with Gasteiger partial charge < -0.3 is 15.4 Å².